The second kappa shape index (κ2) is 7.69. The number of amides is 1. The van der Waals surface area contributed by atoms with Gasteiger partial charge in [0.15, 0.2) is 11.6 Å². The number of hydrogen-bond donors (Lipinski definition) is 2. The highest BCUT2D eigenvalue weighted by molar-refractivity contribution is 6.03. The first-order chi connectivity index (χ1) is 12.5. The van der Waals surface area contributed by atoms with Gasteiger partial charge in [-0.05, 0) is 24.6 Å². The third kappa shape index (κ3) is 4.38. The van der Waals surface area contributed by atoms with Gasteiger partial charge in [0.1, 0.15) is 0 Å². The van der Waals surface area contributed by atoms with Gasteiger partial charge in [-0.2, -0.15) is 0 Å². The summed E-state index contributed by atoms with van der Waals surface area (Å²) in [6.07, 6.45) is 2.72. The number of nitrogens with zero attached hydrogens (tertiary/aromatic N) is 2. The molecule has 3 aromatic rings. The SMILES string of the molecule is Cc1ccc(CNc2ncc(C(=O)Nc3ccc(F)c(F)c3)cn2)cc1. The summed E-state index contributed by atoms with van der Waals surface area (Å²) >= 11 is 0. The Hall–Kier alpha value is -3.35. The fraction of sp³-hybridized carbons (Fsp3) is 0.105. The van der Waals surface area contributed by atoms with Gasteiger partial charge in [-0.1, -0.05) is 29.8 Å². The molecular weight excluding hydrogens is 338 g/mol. The summed E-state index contributed by atoms with van der Waals surface area (Å²) < 4.78 is 26.1. The molecule has 5 nitrogen and oxygen atoms in total. The number of carbonyl (C=O) groups is 1. The largest absolute Gasteiger partial charge is 0.350 e. The van der Waals surface area contributed by atoms with E-state index in [1.807, 2.05) is 31.2 Å². The zero-order chi connectivity index (χ0) is 18.5. The lowest BCUT2D eigenvalue weighted by atomic mass is 10.1. The highest BCUT2D eigenvalue weighted by Crippen LogP contribution is 2.14. The van der Waals surface area contributed by atoms with Gasteiger partial charge in [0.25, 0.3) is 5.91 Å². The number of nitrogens with one attached hydrogen (secondary N) is 2. The van der Waals surface area contributed by atoms with Gasteiger partial charge in [0, 0.05) is 30.7 Å². The van der Waals surface area contributed by atoms with Crippen LogP contribution in [0.1, 0.15) is 21.5 Å². The van der Waals surface area contributed by atoms with Crippen LogP contribution < -0.4 is 10.6 Å². The number of anilines is 2. The summed E-state index contributed by atoms with van der Waals surface area (Å²) in [5.74, 6) is -2.14. The van der Waals surface area contributed by atoms with E-state index in [1.54, 1.807) is 0 Å². The van der Waals surface area contributed by atoms with E-state index < -0.39 is 17.5 Å². The molecule has 0 atom stereocenters. The Labute approximate surface area is 149 Å². The van der Waals surface area contributed by atoms with E-state index in [4.69, 9.17) is 0 Å². The Kier molecular flexibility index (Phi) is 5.17. The second-order valence-corrected chi connectivity index (χ2v) is 5.72. The summed E-state index contributed by atoms with van der Waals surface area (Å²) in [5, 5.41) is 5.53. The minimum atomic E-state index is -1.03. The van der Waals surface area contributed by atoms with Gasteiger partial charge in [0.2, 0.25) is 5.95 Å². The molecule has 2 N–H and O–H groups in total. The van der Waals surface area contributed by atoms with Crippen molar-refractivity contribution in [1.82, 2.24) is 9.97 Å². The van der Waals surface area contributed by atoms with Gasteiger partial charge < -0.3 is 10.6 Å². The van der Waals surface area contributed by atoms with E-state index in [1.165, 1.54) is 24.0 Å². The molecule has 0 radical (unpaired) electrons. The highest BCUT2D eigenvalue weighted by atomic mass is 19.2. The Morgan fingerprint density at radius 3 is 2.35 bits per heavy atom. The van der Waals surface area contributed by atoms with Crippen LogP contribution in [0.15, 0.2) is 54.9 Å². The first-order valence-corrected chi connectivity index (χ1v) is 7.89. The fourth-order valence-electron chi connectivity index (χ4n) is 2.20. The number of aryl methyl sites for hydroxylation is 1. The quantitative estimate of drug-likeness (QED) is 0.729. The number of rotatable bonds is 5. The van der Waals surface area contributed by atoms with Crippen LogP contribution in [0.5, 0.6) is 0 Å². The number of carbonyl (C=O) groups excluding carboxylic acids is 1. The normalized spacial score (nSPS) is 10.4. The molecule has 0 bridgehead atoms. The molecule has 0 unspecified atom stereocenters. The van der Waals surface area contributed by atoms with Crippen molar-refractivity contribution < 1.29 is 13.6 Å². The van der Waals surface area contributed by atoms with Crippen molar-refractivity contribution in [3.05, 3.63) is 83.2 Å². The molecule has 26 heavy (non-hydrogen) atoms. The molecule has 0 aliphatic carbocycles. The summed E-state index contributed by atoms with van der Waals surface area (Å²) in [6, 6.07) is 11.2. The molecule has 3 rings (SSSR count). The summed E-state index contributed by atoms with van der Waals surface area (Å²) in [4.78, 5) is 20.3. The molecular formula is C19H16F2N4O. The summed E-state index contributed by atoms with van der Waals surface area (Å²) in [5.41, 5.74) is 2.62. The van der Waals surface area contributed by atoms with Crippen LogP contribution in [0.3, 0.4) is 0 Å². The standard InChI is InChI=1S/C19H16F2N4O/c1-12-2-4-13(5-3-12)9-22-19-23-10-14(11-24-19)18(26)25-15-6-7-16(20)17(21)8-15/h2-8,10-11H,9H2,1H3,(H,25,26)(H,22,23,24). The van der Waals surface area contributed by atoms with Crippen LogP contribution >= 0.6 is 0 Å². The Balaban J connectivity index is 1.60. The monoisotopic (exact) mass is 354 g/mol. The molecule has 132 valence electrons. The topological polar surface area (TPSA) is 66.9 Å². The minimum Gasteiger partial charge on any atom is -0.350 e. The molecule has 1 heterocycles. The summed E-state index contributed by atoms with van der Waals surface area (Å²) in [7, 11) is 0. The van der Waals surface area contributed by atoms with Crippen molar-refractivity contribution in [3.63, 3.8) is 0 Å². The number of benzene rings is 2. The third-order valence-corrected chi connectivity index (χ3v) is 3.66. The minimum absolute atomic E-state index is 0.149. The van der Waals surface area contributed by atoms with E-state index in [0.717, 1.165) is 17.7 Å². The predicted octanol–water partition coefficient (Wildman–Crippen LogP) is 3.93. The lowest BCUT2D eigenvalue weighted by Gasteiger charge is -2.07. The third-order valence-electron chi connectivity index (χ3n) is 3.66. The maximum atomic E-state index is 13.2. The molecule has 0 saturated carbocycles. The van der Waals surface area contributed by atoms with Crippen LogP contribution in [-0.2, 0) is 6.54 Å². The summed E-state index contributed by atoms with van der Waals surface area (Å²) in [6.45, 7) is 2.57. The lowest BCUT2D eigenvalue weighted by Crippen LogP contribution is -2.13. The van der Waals surface area contributed by atoms with Crippen molar-refractivity contribution in [3.8, 4) is 0 Å². The maximum Gasteiger partial charge on any atom is 0.258 e. The van der Waals surface area contributed by atoms with E-state index in [-0.39, 0.29) is 11.3 Å². The Morgan fingerprint density at radius 1 is 1.00 bits per heavy atom. The van der Waals surface area contributed by atoms with Crippen molar-refractivity contribution in [1.29, 1.82) is 0 Å². The lowest BCUT2D eigenvalue weighted by molar-refractivity contribution is 0.102. The number of halogens is 2. The fourth-order valence-corrected chi connectivity index (χ4v) is 2.20. The molecule has 0 aliphatic rings. The second-order valence-electron chi connectivity index (χ2n) is 5.72. The first-order valence-electron chi connectivity index (χ1n) is 7.89. The van der Waals surface area contributed by atoms with Crippen LogP contribution in [0.2, 0.25) is 0 Å². The van der Waals surface area contributed by atoms with E-state index in [2.05, 4.69) is 20.6 Å². The zero-order valence-electron chi connectivity index (χ0n) is 14.0. The number of hydrogen-bond acceptors (Lipinski definition) is 4. The molecule has 7 heteroatoms. The van der Waals surface area contributed by atoms with Gasteiger partial charge in [0.05, 0.1) is 5.56 Å². The van der Waals surface area contributed by atoms with Crippen LogP contribution in [-0.4, -0.2) is 15.9 Å². The van der Waals surface area contributed by atoms with Gasteiger partial charge in [-0.15, -0.1) is 0 Å². The van der Waals surface area contributed by atoms with Crippen LogP contribution in [0.4, 0.5) is 20.4 Å². The average Bonchev–Trinajstić information content (AvgIpc) is 2.65. The highest BCUT2D eigenvalue weighted by Gasteiger charge is 2.10. The Bertz CT molecular complexity index is 912. The van der Waals surface area contributed by atoms with E-state index in [0.29, 0.717) is 12.5 Å². The molecule has 2 aromatic carbocycles. The molecule has 0 fully saturated rings. The van der Waals surface area contributed by atoms with Gasteiger partial charge >= 0.3 is 0 Å². The molecule has 1 amide bonds. The molecule has 0 aliphatic heterocycles. The van der Waals surface area contributed by atoms with Gasteiger partial charge in [-0.25, -0.2) is 18.7 Å². The predicted molar refractivity (Wildman–Crippen MR) is 94.8 cm³/mol. The zero-order valence-corrected chi connectivity index (χ0v) is 14.0. The Morgan fingerprint density at radius 2 is 1.69 bits per heavy atom. The van der Waals surface area contributed by atoms with E-state index in [9.17, 15) is 13.6 Å². The van der Waals surface area contributed by atoms with E-state index >= 15 is 0 Å². The van der Waals surface area contributed by atoms with Crippen LogP contribution in [0.25, 0.3) is 0 Å². The average molecular weight is 354 g/mol. The van der Waals surface area contributed by atoms with Crippen molar-refractivity contribution in [2.75, 3.05) is 10.6 Å². The smallest absolute Gasteiger partial charge is 0.258 e. The van der Waals surface area contributed by atoms with Crippen molar-refractivity contribution in [2.24, 2.45) is 0 Å². The molecule has 1 aromatic heterocycles. The van der Waals surface area contributed by atoms with Gasteiger partial charge in [-0.3, -0.25) is 4.79 Å². The number of aromatic nitrogens is 2. The molecule has 0 saturated heterocycles. The van der Waals surface area contributed by atoms with Crippen molar-refractivity contribution >= 4 is 17.5 Å². The van der Waals surface area contributed by atoms with Crippen LogP contribution in [0, 0.1) is 18.6 Å². The maximum absolute atomic E-state index is 13.2. The van der Waals surface area contributed by atoms with Crippen molar-refractivity contribution in [2.45, 2.75) is 13.5 Å². The molecule has 0 spiro atoms. The first kappa shape index (κ1) is 17.5.